The van der Waals surface area contributed by atoms with Crippen molar-refractivity contribution in [2.45, 2.75) is 33.2 Å². The van der Waals surface area contributed by atoms with Crippen molar-refractivity contribution in [1.82, 2.24) is 9.55 Å². The predicted octanol–water partition coefficient (Wildman–Crippen LogP) is 1.60. The summed E-state index contributed by atoms with van der Waals surface area (Å²) in [6, 6.07) is 7.80. The van der Waals surface area contributed by atoms with Gasteiger partial charge in [0.1, 0.15) is 6.04 Å². The molecule has 4 nitrogen and oxygen atoms in total. The van der Waals surface area contributed by atoms with Crippen molar-refractivity contribution in [3.05, 3.63) is 40.4 Å². The van der Waals surface area contributed by atoms with Crippen LogP contribution in [0.1, 0.15) is 39.1 Å². The number of quaternary nitrogens is 1. The number of nitrogens with zero attached hydrogens (tertiary/aromatic N) is 2. The summed E-state index contributed by atoms with van der Waals surface area (Å²) in [5, 5.41) is 2.98. The Morgan fingerprint density at radius 3 is 2.65 bits per heavy atom. The van der Waals surface area contributed by atoms with Crippen LogP contribution in [-0.2, 0) is 7.05 Å². The Kier molecular flexibility index (Phi) is 4.55. The molecular weight excluding hydrogens is 250 g/mol. The molecule has 0 bridgehead atoms. The minimum absolute atomic E-state index is 0.0435. The molecule has 0 aliphatic carbocycles. The van der Waals surface area contributed by atoms with Gasteiger partial charge in [0.2, 0.25) is 0 Å². The first-order valence-corrected chi connectivity index (χ1v) is 7.33. The Morgan fingerprint density at radius 2 is 2.00 bits per heavy atom. The van der Waals surface area contributed by atoms with Gasteiger partial charge in [-0.1, -0.05) is 32.9 Å². The minimum atomic E-state index is 0.0435. The molecule has 0 unspecified atom stereocenters. The van der Waals surface area contributed by atoms with Crippen molar-refractivity contribution < 1.29 is 5.32 Å². The van der Waals surface area contributed by atoms with Crippen LogP contribution in [0.4, 0.5) is 0 Å². The molecule has 0 saturated carbocycles. The van der Waals surface area contributed by atoms with Gasteiger partial charge in [-0.05, 0) is 12.1 Å². The van der Waals surface area contributed by atoms with Crippen LogP contribution >= 0.6 is 0 Å². The summed E-state index contributed by atoms with van der Waals surface area (Å²) in [7, 11) is 1.82. The third-order valence-electron chi connectivity index (χ3n) is 3.68. The van der Waals surface area contributed by atoms with Crippen LogP contribution < -0.4 is 10.9 Å². The number of benzene rings is 1. The first kappa shape index (κ1) is 14.7. The van der Waals surface area contributed by atoms with E-state index in [1.165, 1.54) is 0 Å². The molecule has 0 aliphatic rings. The van der Waals surface area contributed by atoms with Crippen LogP contribution in [-0.4, -0.2) is 16.1 Å². The second-order valence-electron chi connectivity index (χ2n) is 5.73. The second kappa shape index (κ2) is 6.18. The summed E-state index contributed by atoms with van der Waals surface area (Å²) in [4.78, 5) is 17.1. The molecule has 1 atom stereocenters. The Labute approximate surface area is 119 Å². The number of nitrogens with two attached hydrogens (primary N) is 1. The van der Waals surface area contributed by atoms with Crippen molar-refractivity contribution in [2.75, 3.05) is 6.54 Å². The Bertz CT molecular complexity index is 646. The number of para-hydroxylation sites is 1. The molecule has 1 aromatic heterocycles. The molecule has 0 spiro atoms. The zero-order chi connectivity index (χ0) is 14.7. The molecule has 1 aromatic carbocycles. The summed E-state index contributed by atoms with van der Waals surface area (Å²) in [6.45, 7) is 7.59. The summed E-state index contributed by atoms with van der Waals surface area (Å²) in [5.74, 6) is 1.50. The number of aromatic nitrogens is 2. The molecule has 20 heavy (non-hydrogen) atoms. The van der Waals surface area contributed by atoms with E-state index in [0.29, 0.717) is 11.3 Å². The Hall–Kier alpha value is -1.68. The first-order valence-electron chi connectivity index (χ1n) is 7.33. The molecule has 108 valence electrons. The zero-order valence-electron chi connectivity index (χ0n) is 12.8. The highest BCUT2D eigenvalue weighted by Gasteiger charge is 2.19. The molecular formula is C16H24N3O+. The van der Waals surface area contributed by atoms with E-state index in [4.69, 9.17) is 4.98 Å². The van der Waals surface area contributed by atoms with Crippen LogP contribution in [0.2, 0.25) is 0 Å². The van der Waals surface area contributed by atoms with Gasteiger partial charge in [-0.25, -0.2) is 4.98 Å². The highest BCUT2D eigenvalue weighted by Crippen LogP contribution is 2.12. The molecule has 2 rings (SSSR count). The largest absolute Gasteiger partial charge is 0.337 e. The van der Waals surface area contributed by atoms with Crippen LogP contribution in [0.5, 0.6) is 0 Å². The lowest BCUT2D eigenvalue weighted by Crippen LogP contribution is -2.86. The molecule has 0 saturated heterocycles. The SMILES string of the molecule is CC[C@H]([NH2+]CC(C)C)c1nc2ccccc2c(=O)n1C. The van der Waals surface area contributed by atoms with Gasteiger partial charge in [-0.3, -0.25) is 9.36 Å². The normalized spacial score (nSPS) is 13.1. The highest BCUT2D eigenvalue weighted by molar-refractivity contribution is 5.77. The van der Waals surface area contributed by atoms with E-state index in [1.807, 2.05) is 31.3 Å². The maximum Gasteiger partial charge on any atom is 0.261 e. The van der Waals surface area contributed by atoms with Gasteiger partial charge in [-0.15, -0.1) is 0 Å². The highest BCUT2D eigenvalue weighted by atomic mass is 16.1. The summed E-state index contributed by atoms with van der Waals surface area (Å²) < 4.78 is 1.70. The zero-order valence-corrected chi connectivity index (χ0v) is 12.8. The van der Waals surface area contributed by atoms with E-state index >= 15 is 0 Å². The van der Waals surface area contributed by atoms with Crippen molar-refractivity contribution in [1.29, 1.82) is 0 Å². The lowest BCUT2D eigenvalue weighted by Gasteiger charge is -2.17. The van der Waals surface area contributed by atoms with Crippen LogP contribution in [0, 0.1) is 5.92 Å². The standard InChI is InChI=1S/C16H23N3O/c1-5-13(17-10-11(2)3)15-18-14-9-7-6-8-12(14)16(20)19(15)4/h6-9,11,13,17H,5,10H2,1-4H3/p+1/t13-/m0/s1. The topological polar surface area (TPSA) is 51.5 Å². The van der Waals surface area contributed by atoms with Gasteiger partial charge in [0.15, 0.2) is 5.82 Å². The number of fused-ring (bicyclic) bond motifs is 1. The van der Waals surface area contributed by atoms with E-state index < -0.39 is 0 Å². The quantitative estimate of drug-likeness (QED) is 0.900. The summed E-state index contributed by atoms with van der Waals surface area (Å²) in [6.07, 6.45) is 0.964. The van der Waals surface area contributed by atoms with Gasteiger partial charge >= 0.3 is 0 Å². The van der Waals surface area contributed by atoms with E-state index in [0.717, 1.165) is 24.3 Å². The van der Waals surface area contributed by atoms with Crippen LogP contribution in [0.3, 0.4) is 0 Å². The first-order chi connectivity index (χ1) is 9.54. The smallest absolute Gasteiger partial charge is 0.261 e. The van der Waals surface area contributed by atoms with Crippen molar-refractivity contribution in [3.8, 4) is 0 Å². The predicted molar refractivity (Wildman–Crippen MR) is 81.6 cm³/mol. The fraction of sp³-hybridized carbons (Fsp3) is 0.500. The fourth-order valence-corrected chi connectivity index (χ4v) is 2.46. The summed E-state index contributed by atoms with van der Waals surface area (Å²) in [5.41, 5.74) is 0.837. The lowest BCUT2D eigenvalue weighted by molar-refractivity contribution is -0.702. The van der Waals surface area contributed by atoms with Crippen molar-refractivity contribution in [3.63, 3.8) is 0 Å². The van der Waals surface area contributed by atoms with Crippen LogP contribution in [0.15, 0.2) is 29.1 Å². The van der Waals surface area contributed by atoms with E-state index in [2.05, 4.69) is 26.1 Å². The molecule has 0 radical (unpaired) electrons. The Balaban J connectivity index is 2.47. The average molecular weight is 274 g/mol. The van der Waals surface area contributed by atoms with Crippen LogP contribution in [0.25, 0.3) is 10.9 Å². The van der Waals surface area contributed by atoms with Gasteiger partial charge in [-0.2, -0.15) is 0 Å². The second-order valence-corrected chi connectivity index (χ2v) is 5.73. The fourth-order valence-electron chi connectivity index (χ4n) is 2.46. The number of hydrogen-bond donors (Lipinski definition) is 1. The van der Waals surface area contributed by atoms with Gasteiger partial charge in [0, 0.05) is 19.4 Å². The molecule has 0 amide bonds. The van der Waals surface area contributed by atoms with Gasteiger partial charge in [0.25, 0.3) is 5.56 Å². The monoisotopic (exact) mass is 274 g/mol. The lowest BCUT2D eigenvalue weighted by atomic mass is 10.1. The van der Waals surface area contributed by atoms with E-state index in [1.54, 1.807) is 4.57 Å². The molecule has 2 N–H and O–H groups in total. The minimum Gasteiger partial charge on any atom is -0.337 e. The average Bonchev–Trinajstić information content (AvgIpc) is 2.44. The molecule has 4 heteroatoms. The van der Waals surface area contributed by atoms with Crippen molar-refractivity contribution >= 4 is 10.9 Å². The molecule has 1 heterocycles. The van der Waals surface area contributed by atoms with Crippen molar-refractivity contribution in [2.24, 2.45) is 13.0 Å². The third-order valence-corrected chi connectivity index (χ3v) is 3.68. The third kappa shape index (κ3) is 2.90. The maximum absolute atomic E-state index is 12.4. The Morgan fingerprint density at radius 1 is 1.30 bits per heavy atom. The number of hydrogen-bond acceptors (Lipinski definition) is 2. The molecule has 2 aromatic rings. The van der Waals surface area contributed by atoms with Gasteiger partial charge < -0.3 is 5.32 Å². The maximum atomic E-state index is 12.4. The summed E-state index contributed by atoms with van der Waals surface area (Å²) >= 11 is 0. The number of rotatable bonds is 5. The van der Waals surface area contributed by atoms with E-state index in [-0.39, 0.29) is 11.6 Å². The van der Waals surface area contributed by atoms with E-state index in [9.17, 15) is 4.79 Å². The molecule has 0 fully saturated rings. The van der Waals surface area contributed by atoms with Gasteiger partial charge in [0.05, 0.1) is 17.4 Å². The molecule has 0 aliphatic heterocycles.